The van der Waals surface area contributed by atoms with Crippen molar-refractivity contribution in [2.75, 3.05) is 0 Å². The Morgan fingerprint density at radius 3 is 2.75 bits per heavy atom. The summed E-state index contributed by atoms with van der Waals surface area (Å²) in [6.07, 6.45) is 0. The van der Waals surface area contributed by atoms with Gasteiger partial charge in [0.1, 0.15) is 20.7 Å². The molecule has 4 nitrogen and oxygen atoms in total. The maximum Gasteiger partial charge on any atom is 0.346 e. The molecule has 0 spiro atoms. The summed E-state index contributed by atoms with van der Waals surface area (Å²) in [6.45, 7) is 1.69. The van der Waals surface area contributed by atoms with Crippen LogP contribution in [-0.2, 0) is 5.88 Å². The Morgan fingerprint density at radius 2 is 2.19 bits per heavy atom. The second-order valence-electron chi connectivity index (χ2n) is 3.11. The number of hydrogen-bond acceptors (Lipinski definition) is 4. The van der Waals surface area contributed by atoms with E-state index in [0.29, 0.717) is 21.6 Å². The monoisotopic (exact) mass is 276 g/mol. The van der Waals surface area contributed by atoms with Gasteiger partial charge in [-0.3, -0.25) is 0 Å². The number of rotatable bonds is 2. The lowest BCUT2D eigenvalue weighted by Crippen LogP contribution is -1.94. The fraction of sp³-hybridized carbons (Fsp3) is 0.222. The van der Waals surface area contributed by atoms with Crippen molar-refractivity contribution in [1.82, 2.24) is 9.97 Å². The minimum Gasteiger partial charge on any atom is -0.477 e. The highest BCUT2D eigenvalue weighted by Crippen LogP contribution is 2.33. The molecule has 0 bridgehead atoms. The summed E-state index contributed by atoms with van der Waals surface area (Å²) in [4.78, 5) is 19.9. The summed E-state index contributed by atoms with van der Waals surface area (Å²) in [6, 6.07) is 0. The SMILES string of the molecule is Cc1c(C(=O)O)sc2nc(CCl)nc(Cl)c12. The first-order valence-corrected chi connectivity index (χ1v) is 6.02. The number of aromatic carboxylic acids is 1. The van der Waals surface area contributed by atoms with E-state index in [1.807, 2.05) is 0 Å². The Kier molecular flexibility index (Phi) is 3.01. The summed E-state index contributed by atoms with van der Waals surface area (Å²) in [7, 11) is 0. The molecule has 0 aliphatic heterocycles. The van der Waals surface area contributed by atoms with E-state index in [1.54, 1.807) is 6.92 Å². The molecule has 1 N–H and O–H groups in total. The fourth-order valence-electron chi connectivity index (χ4n) is 1.40. The molecule has 0 amide bonds. The van der Waals surface area contributed by atoms with E-state index >= 15 is 0 Å². The average Bonchev–Trinajstić information content (AvgIpc) is 2.56. The van der Waals surface area contributed by atoms with Crippen LogP contribution in [0.25, 0.3) is 10.2 Å². The minimum absolute atomic E-state index is 0.148. The molecular weight excluding hydrogens is 271 g/mol. The van der Waals surface area contributed by atoms with Gasteiger partial charge in [-0.05, 0) is 12.5 Å². The molecule has 0 saturated heterocycles. The number of aromatic nitrogens is 2. The standard InChI is InChI=1S/C9H6Cl2N2O2S/c1-3-5-7(11)12-4(2-10)13-8(5)16-6(3)9(14)15/h2H2,1H3,(H,14,15). The van der Waals surface area contributed by atoms with Gasteiger partial charge in [0, 0.05) is 0 Å². The van der Waals surface area contributed by atoms with Gasteiger partial charge in [-0.15, -0.1) is 22.9 Å². The van der Waals surface area contributed by atoms with Crippen LogP contribution in [0.2, 0.25) is 5.15 Å². The minimum atomic E-state index is -0.982. The van der Waals surface area contributed by atoms with Gasteiger partial charge in [-0.25, -0.2) is 14.8 Å². The third-order valence-electron chi connectivity index (χ3n) is 2.11. The number of aryl methyl sites for hydroxylation is 1. The van der Waals surface area contributed by atoms with Crippen molar-refractivity contribution < 1.29 is 9.90 Å². The predicted octanol–water partition coefficient (Wildman–Crippen LogP) is 3.09. The molecule has 84 valence electrons. The first-order valence-electron chi connectivity index (χ1n) is 4.29. The van der Waals surface area contributed by atoms with Crippen LogP contribution in [0.5, 0.6) is 0 Å². The van der Waals surface area contributed by atoms with Crippen LogP contribution in [0.4, 0.5) is 0 Å². The molecule has 2 heterocycles. The zero-order chi connectivity index (χ0) is 11.9. The second-order valence-corrected chi connectivity index (χ2v) is 4.73. The molecule has 0 aliphatic carbocycles. The van der Waals surface area contributed by atoms with E-state index in [1.165, 1.54) is 0 Å². The van der Waals surface area contributed by atoms with E-state index in [0.717, 1.165) is 11.3 Å². The molecule has 2 aromatic rings. The van der Waals surface area contributed by atoms with Gasteiger partial charge in [-0.2, -0.15) is 0 Å². The summed E-state index contributed by atoms with van der Waals surface area (Å²) in [5.74, 6) is -0.434. The van der Waals surface area contributed by atoms with Crippen molar-refractivity contribution in [2.24, 2.45) is 0 Å². The number of hydrogen-bond donors (Lipinski definition) is 1. The van der Waals surface area contributed by atoms with E-state index in [4.69, 9.17) is 28.3 Å². The Hall–Kier alpha value is -0.910. The van der Waals surface area contributed by atoms with Gasteiger partial charge >= 0.3 is 5.97 Å². The van der Waals surface area contributed by atoms with E-state index in [9.17, 15) is 4.79 Å². The van der Waals surface area contributed by atoms with Crippen LogP contribution in [0.1, 0.15) is 21.1 Å². The summed E-state index contributed by atoms with van der Waals surface area (Å²) in [5.41, 5.74) is 0.596. The average molecular weight is 277 g/mol. The largest absolute Gasteiger partial charge is 0.477 e. The smallest absolute Gasteiger partial charge is 0.346 e. The van der Waals surface area contributed by atoms with Gasteiger partial charge in [0.05, 0.1) is 11.3 Å². The van der Waals surface area contributed by atoms with Crippen molar-refractivity contribution in [3.63, 3.8) is 0 Å². The molecule has 0 unspecified atom stereocenters. The Morgan fingerprint density at radius 1 is 1.50 bits per heavy atom. The number of fused-ring (bicyclic) bond motifs is 1. The molecule has 16 heavy (non-hydrogen) atoms. The second kappa shape index (κ2) is 4.16. The molecular formula is C9H6Cl2N2O2S. The molecule has 0 saturated carbocycles. The number of carboxylic acid groups (broad SMARTS) is 1. The molecule has 0 atom stereocenters. The molecule has 0 radical (unpaired) electrons. The van der Waals surface area contributed by atoms with Gasteiger partial charge in [0.25, 0.3) is 0 Å². The molecule has 2 rings (SSSR count). The van der Waals surface area contributed by atoms with Crippen molar-refractivity contribution in [3.05, 3.63) is 21.4 Å². The first-order chi connectivity index (χ1) is 7.54. The molecule has 0 fully saturated rings. The van der Waals surface area contributed by atoms with Crippen molar-refractivity contribution >= 4 is 50.7 Å². The number of carboxylic acids is 1. The molecule has 2 aromatic heterocycles. The highest BCUT2D eigenvalue weighted by atomic mass is 35.5. The Bertz CT molecular complexity index is 582. The zero-order valence-corrected chi connectivity index (χ0v) is 10.4. The molecule has 0 aliphatic rings. The lowest BCUT2D eigenvalue weighted by Gasteiger charge is -1.97. The maximum atomic E-state index is 11.0. The molecule has 7 heteroatoms. The first kappa shape index (κ1) is 11.6. The Labute approximate surface area is 105 Å². The quantitative estimate of drug-likeness (QED) is 0.676. The fourth-order valence-corrected chi connectivity index (χ4v) is 2.94. The number of thiophene rings is 1. The van der Waals surface area contributed by atoms with Gasteiger partial charge < -0.3 is 5.11 Å². The van der Waals surface area contributed by atoms with Crippen molar-refractivity contribution in [1.29, 1.82) is 0 Å². The third-order valence-corrected chi connectivity index (χ3v) is 3.79. The topological polar surface area (TPSA) is 63.1 Å². The van der Waals surface area contributed by atoms with Gasteiger partial charge in [-0.1, -0.05) is 11.6 Å². The van der Waals surface area contributed by atoms with Crippen LogP contribution in [0.15, 0.2) is 0 Å². The van der Waals surface area contributed by atoms with Crippen LogP contribution >= 0.6 is 34.5 Å². The zero-order valence-electron chi connectivity index (χ0n) is 8.12. The highest BCUT2D eigenvalue weighted by molar-refractivity contribution is 7.20. The Balaban J connectivity index is 2.80. The number of halogens is 2. The third kappa shape index (κ3) is 1.75. The number of carbonyl (C=O) groups is 1. The maximum absolute atomic E-state index is 11.0. The predicted molar refractivity (Wildman–Crippen MR) is 63.7 cm³/mol. The normalized spacial score (nSPS) is 10.9. The summed E-state index contributed by atoms with van der Waals surface area (Å²) >= 11 is 12.7. The summed E-state index contributed by atoms with van der Waals surface area (Å²) < 4.78 is 0. The summed E-state index contributed by atoms with van der Waals surface area (Å²) in [5, 5.41) is 9.82. The van der Waals surface area contributed by atoms with Crippen LogP contribution < -0.4 is 0 Å². The number of alkyl halides is 1. The van der Waals surface area contributed by atoms with Crippen molar-refractivity contribution in [2.45, 2.75) is 12.8 Å². The van der Waals surface area contributed by atoms with Gasteiger partial charge in [0.2, 0.25) is 0 Å². The lowest BCUT2D eigenvalue weighted by atomic mass is 10.2. The van der Waals surface area contributed by atoms with Crippen LogP contribution in [0.3, 0.4) is 0 Å². The molecule has 0 aromatic carbocycles. The van der Waals surface area contributed by atoms with E-state index < -0.39 is 5.97 Å². The lowest BCUT2D eigenvalue weighted by molar-refractivity contribution is 0.0701. The van der Waals surface area contributed by atoms with Crippen LogP contribution in [-0.4, -0.2) is 21.0 Å². The number of nitrogens with zero attached hydrogens (tertiary/aromatic N) is 2. The van der Waals surface area contributed by atoms with Crippen LogP contribution in [0, 0.1) is 6.92 Å². The van der Waals surface area contributed by atoms with Gasteiger partial charge in [0.15, 0.2) is 0 Å². The highest BCUT2D eigenvalue weighted by Gasteiger charge is 2.18. The van der Waals surface area contributed by atoms with Crippen molar-refractivity contribution in [3.8, 4) is 0 Å². The van der Waals surface area contributed by atoms with E-state index in [2.05, 4.69) is 9.97 Å². The van der Waals surface area contributed by atoms with E-state index in [-0.39, 0.29) is 15.9 Å².